The van der Waals surface area contributed by atoms with Gasteiger partial charge in [-0.15, -0.1) is 0 Å². The second-order valence-corrected chi connectivity index (χ2v) is 2.58. The van der Waals surface area contributed by atoms with E-state index >= 15 is 0 Å². The van der Waals surface area contributed by atoms with E-state index < -0.39 is 6.08 Å². The van der Waals surface area contributed by atoms with E-state index in [-0.39, 0.29) is 4.83 Å². The van der Waals surface area contributed by atoms with E-state index in [1.807, 2.05) is 0 Å². The fraction of sp³-hybridized carbons (Fsp3) is 0.500. The average molecular weight is 171 g/mol. The van der Waals surface area contributed by atoms with Crippen LogP contribution in [0.25, 0.3) is 0 Å². The molecule has 0 aromatic heterocycles. The van der Waals surface area contributed by atoms with Crippen LogP contribution < -0.4 is 0 Å². The summed E-state index contributed by atoms with van der Waals surface area (Å²) < 4.78 is 22.2. The minimum absolute atomic E-state index is 0.225. The Hall–Kier alpha value is 0.0800. The van der Waals surface area contributed by atoms with Crippen LogP contribution in [-0.4, -0.2) is 4.83 Å². The number of allylic oxidation sites excluding steroid dienone is 1. The number of alkyl halides is 1. The molecule has 0 aromatic carbocycles. The molecular formula is C4H5BrF2. The Bertz CT molecular complexity index is 73.8. The fourth-order valence-electron chi connectivity index (χ4n) is 0.174. The molecule has 0 nitrogen and oxygen atoms in total. The van der Waals surface area contributed by atoms with Gasteiger partial charge in [0.1, 0.15) is 0 Å². The summed E-state index contributed by atoms with van der Waals surface area (Å²) in [5.74, 6) is 0. The lowest BCUT2D eigenvalue weighted by molar-refractivity contribution is 0.419. The molecule has 0 N–H and O–H groups in total. The molecule has 7 heavy (non-hydrogen) atoms. The Morgan fingerprint density at radius 3 is 2.14 bits per heavy atom. The lowest BCUT2D eigenvalue weighted by atomic mass is 10.5. The third kappa shape index (κ3) is 6.08. The molecule has 1 atom stereocenters. The molecule has 0 aliphatic rings. The summed E-state index contributed by atoms with van der Waals surface area (Å²) in [7, 11) is 0. The van der Waals surface area contributed by atoms with Gasteiger partial charge in [0.2, 0.25) is 0 Å². The van der Waals surface area contributed by atoms with Crippen molar-refractivity contribution in [1.82, 2.24) is 0 Å². The van der Waals surface area contributed by atoms with Crippen LogP contribution >= 0.6 is 15.9 Å². The molecule has 3 heteroatoms. The van der Waals surface area contributed by atoms with Gasteiger partial charge >= 0.3 is 0 Å². The summed E-state index contributed by atoms with van der Waals surface area (Å²) in [6, 6.07) is 0. The predicted molar refractivity (Wildman–Crippen MR) is 28.7 cm³/mol. The molecule has 42 valence electrons. The molecule has 0 fully saturated rings. The Balaban J connectivity index is 3.45. The van der Waals surface area contributed by atoms with Gasteiger partial charge in [-0.05, 0) is 13.0 Å². The standard InChI is InChI=1S/C4H5BrF2/c1-3(5)2-4(6)7/h2-3H,1H3. The quantitative estimate of drug-likeness (QED) is 0.531. The topological polar surface area (TPSA) is 0 Å². The highest BCUT2D eigenvalue weighted by molar-refractivity contribution is 9.09. The highest BCUT2D eigenvalue weighted by atomic mass is 79.9. The molecular weight excluding hydrogens is 166 g/mol. The van der Waals surface area contributed by atoms with Gasteiger partial charge in [0.05, 0.1) is 0 Å². The molecule has 0 radical (unpaired) electrons. The highest BCUT2D eigenvalue weighted by Gasteiger charge is 1.91. The minimum Gasteiger partial charge on any atom is -0.174 e. The van der Waals surface area contributed by atoms with E-state index in [2.05, 4.69) is 15.9 Å². The summed E-state index contributed by atoms with van der Waals surface area (Å²) in [5, 5.41) is 0. The largest absolute Gasteiger partial charge is 0.267 e. The van der Waals surface area contributed by atoms with E-state index in [0.29, 0.717) is 0 Å². The van der Waals surface area contributed by atoms with Gasteiger partial charge in [0.25, 0.3) is 6.08 Å². The molecule has 0 bridgehead atoms. The number of hydrogen-bond acceptors (Lipinski definition) is 0. The first-order chi connectivity index (χ1) is 3.13. The molecule has 0 saturated heterocycles. The summed E-state index contributed by atoms with van der Waals surface area (Å²) in [5.41, 5.74) is 0. The Kier molecular flexibility index (Phi) is 3.17. The van der Waals surface area contributed by atoms with Gasteiger partial charge in [-0.25, -0.2) is 0 Å². The number of hydrogen-bond donors (Lipinski definition) is 0. The van der Waals surface area contributed by atoms with E-state index in [1.165, 1.54) is 0 Å². The second kappa shape index (κ2) is 3.13. The number of halogens is 3. The van der Waals surface area contributed by atoms with Crippen LogP contribution in [-0.2, 0) is 0 Å². The van der Waals surface area contributed by atoms with Gasteiger partial charge < -0.3 is 0 Å². The zero-order valence-electron chi connectivity index (χ0n) is 3.79. The van der Waals surface area contributed by atoms with Crippen LogP contribution in [0.2, 0.25) is 0 Å². The Morgan fingerprint density at radius 2 is 2.14 bits per heavy atom. The van der Waals surface area contributed by atoms with E-state index in [4.69, 9.17) is 0 Å². The van der Waals surface area contributed by atoms with Crippen molar-refractivity contribution in [2.75, 3.05) is 0 Å². The van der Waals surface area contributed by atoms with Gasteiger partial charge in [0, 0.05) is 4.83 Å². The minimum atomic E-state index is -1.63. The summed E-state index contributed by atoms with van der Waals surface area (Å²) in [6.07, 6.45) is -0.802. The van der Waals surface area contributed by atoms with Gasteiger partial charge in [0.15, 0.2) is 0 Å². The van der Waals surface area contributed by atoms with E-state index in [0.717, 1.165) is 6.08 Å². The zero-order valence-corrected chi connectivity index (χ0v) is 5.37. The zero-order chi connectivity index (χ0) is 5.86. The summed E-state index contributed by atoms with van der Waals surface area (Å²) >= 11 is 2.92. The summed E-state index contributed by atoms with van der Waals surface area (Å²) in [4.78, 5) is -0.225. The van der Waals surface area contributed by atoms with Crippen molar-refractivity contribution in [2.24, 2.45) is 0 Å². The molecule has 0 aromatic rings. The molecule has 0 rings (SSSR count). The molecule has 0 amide bonds. The lowest BCUT2D eigenvalue weighted by Crippen LogP contribution is -1.79. The van der Waals surface area contributed by atoms with Crippen molar-refractivity contribution in [1.29, 1.82) is 0 Å². The monoisotopic (exact) mass is 170 g/mol. The highest BCUT2D eigenvalue weighted by Crippen LogP contribution is 2.05. The fourth-order valence-corrected chi connectivity index (χ4v) is 0.373. The maximum atomic E-state index is 11.1. The van der Waals surface area contributed by atoms with Crippen LogP contribution in [0.3, 0.4) is 0 Å². The van der Waals surface area contributed by atoms with Crippen LogP contribution in [0.15, 0.2) is 12.2 Å². The van der Waals surface area contributed by atoms with Crippen molar-refractivity contribution in [2.45, 2.75) is 11.8 Å². The van der Waals surface area contributed by atoms with Crippen molar-refractivity contribution >= 4 is 15.9 Å². The van der Waals surface area contributed by atoms with Crippen LogP contribution in [0, 0.1) is 0 Å². The lowest BCUT2D eigenvalue weighted by Gasteiger charge is -1.85. The number of rotatable bonds is 1. The van der Waals surface area contributed by atoms with Crippen LogP contribution in [0.4, 0.5) is 8.78 Å². The van der Waals surface area contributed by atoms with Gasteiger partial charge in [-0.2, -0.15) is 8.78 Å². The normalized spacial score (nSPS) is 13.1. The van der Waals surface area contributed by atoms with Crippen molar-refractivity contribution in [3.8, 4) is 0 Å². The van der Waals surface area contributed by atoms with E-state index in [1.54, 1.807) is 6.92 Å². The smallest absolute Gasteiger partial charge is 0.174 e. The first-order valence-corrected chi connectivity index (χ1v) is 2.71. The van der Waals surface area contributed by atoms with E-state index in [9.17, 15) is 8.78 Å². The Labute approximate surface area is 49.3 Å². The first-order valence-electron chi connectivity index (χ1n) is 1.80. The van der Waals surface area contributed by atoms with Crippen molar-refractivity contribution in [3.05, 3.63) is 12.2 Å². The van der Waals surface area contributed by atoms with Gasteiger partial charge in [-0.1, -0.05) is 15.9 Å². The molecule has 0 saturated carbocycles. The SMILES string of the molecule is CC(Br)C=C(F)F. The first kappa shape index (κ1) is 7.08. The van der Waals surface area contributed by atoms with Crippen molar-refractivity contribution in [3.63, 3.8) is 0 Å². The van der Waals surface area contributed by atoms with Crippen LogP contribution in [0.5, 0.6) is 0 Å². The second-order valence-electron chi connectivity index (χ2n) is 1.13. The third-order valence-electron chi connectivity index (χ3n) is 0.356. The molecule has 0 aliphatic heterocycles. The molecule has 0 aliphatic carbocycles. The van der Waals surface area contributed by atoms with Crippen molar-refractivity contribution < 1.29 is 8.78 Å². The molecule has 0 heterocycles. The predicted octanol–water partition coefficient (Wildman–Crippen LogP) is 2.55. The van der Waals surface area contributed by atoms with Crippen LogP contribution in [0.1, 0.15) is 6.92 Å². The average Bonchev–Trinajstić information content (AvgIpc) is 1.27. The Morgan fingerprint density at radius 1 is 1.71 bits per heavy atom. The maximum absolute atomic E-state index is 11.1. The van der Waals surface area contributed by atoms with Gasteiger partial charge in [-0.3, -0.25) is 0 Å². The summed E-state index contributed by atoms with van der Waals surface area (Å²) in [6.45, 7) is 1.62. The third-order valence-corrected chi connectivity index (χ3v) is 0.620. The maximum Gasteiger partial charge on any atom is 0.267 e. The molecule has 1 unspecified atom stereocenters. The molecule has 0 spiro atoms.